The number of hydrogen-bond donors (Lipinski definition) is 1. The standard InChI is InChI=1S/C22H25NO6/c1-13-16-6-5-15(28-2)10-18(16)29-20(25)17(13)7-8-19(24)23-11-14-4-3-9-22(14,12-23)21(26)27/h5-6,10,14H,3-4,7-9,11-12H2,1-2H3,(H,26,27)/t14-,22+/m0/s1. The summed E-state index contributed by atoms with van der Waals surface area (Å²) in [5, 5.41) is 10.5. The summed E-state index contributed by atoms with van der Waals surface area (Å²) >= 11 is 0. The first-order valence-corrected chi connectivity index (χ1v) is 9.97. The van der Waals surface area contributed by atoms with Crippen molar-refractivity contribution < 1.29 is 23.8 Å². The maximum absolute atomic E-state index is 12.8. The van der Waals surface area contributed by atoms with Crippen LogP contribution in [0.2, 0.25) is 0 Å². The van der Waals surface area contributed by atoms with Gasteiger partial charge in [0.25, 0.3) is 0 Å². The van der Waals surface area contributed by atoms with Crippen molar-refractivity contribution in [2.45, 2.75) is 39.0 Å². The predicted molar refractivity (Wildman–Crippen MR) is 106 cm³/mol. The molecule has 2 fully saturated rings. The average Bonchev–Trinajstić information content (AvgIpc) is 3.26. The molecule has 1 saturated heterocycles. The SMILES string of the molecule is COc1ccc2c(C)c(CCC(=O)N3C[C@@H]4CCC[C@@]4(C(=O)O)C3)c(=O)oc2c1. The van der Waals surface area contributed by atoms with Crippen LogP contribution in [0.4, 0.5) is 0 Å². The smallest absolute Gasteiger partial charge is 0.339 e. The summed E-state index contributed by atoms with van der Waals surface area (Å²) in [6, 6.07) is 5.32. The zero-order valence-corrected chi connectivity index (χ0v) is 16.7. The summed E-state index contributed by atoms with van der Waals surface area (Å²) in [5.74, 6) is -0.258. The highest BCUT2D eigenvalue weighted by molar-refractivity contribution is 5.83. The third-order valence-corrected chi connectivity index (χ3v) is 6.73. The van der Waals surface area contributed by atoms with Crippen LogP contribution in [0.15, 0.2) is 27.4 Å². The van der Waals surface area contributed by atoms with Gasteiger partial charge in [-0.05, 0) is 49.8 Å². The molecule has 0 bridgehead atoms. The highest BCUT2D eigenvalue weighted by Gasteiger charge is 2.55. The molecular formula is C22H25NO6. The Hall–Kier alpha value is -2.83. The van der Waals surface area contributed by atoms with Gasteiger partial charge in [-0.15, -0.1) is 0 Å². The molecule has 2 aromatic rings. The van der Waals surface area contributed by atoms with E-state index >= 15 is 0 Å². The van der Waals surface area contributed by atoms with Gasteiger partial charge in [-0.3, -0.25) is 9.59 Å². The predicted octanol–water partition coefficient (Wildman–Crippen LogP) is 2.76. The van der Waals surface area contributed by atoms with Crippen molar-refractivity contribution in [3.8, 4) is 5.75 Å². The number of ether oxygens (including phenoxy) is 1. The maximum Gasteiger partial charge on any atom is 0.339 e. The first kappa shape index (κ1) is 19.5. The highest BCUT2D eigenvalue weighted by Crippen LogP contribution is 2.49. The van der Waals surface area contributed by atoms with Crippen LogP contribution in [0.1, 0.15) is 36.8 Å². The minimum absolute atomic E-state index is 0.0337. The van der Waals surface area contributed by atoms with Crippen molar-refractivity contribution >= 4 is 22.8 Å². The minimum atomic E-state index is -0.795. The number of benzene rings is 1. The fraction of sp³-hybridized carbons (Fsp3) is 0.500. The lowest BCUT2D eigenvalue weighted by atomic mass is 9.81. The zero-order chi connectivity index (χ0) is 20.8. The molecule has 2 aliphatic rings. The van der Waals surface area contributed by atoms with Crippen LogP contribution in [0.25, 0.3) is 11.0 Å². The third-order valence-electron chi connectivity index (χ3n) is 6.73. The van der Waals surface area contributed by atoms with Gasteiger partial charge in [-0.2, -0.15) is 0 Å². The van der Waals surface area contributed by atoms with E-state index in [1.165, 1.54) is 0 Å². The molecule has 0 radical (unpaired) electrons. The fourth-order valence-corrected chi connectivity index (χ4v) is 5.01. The van der Waals surface area contributed by atoms with Gasteiger partial charge >= 0.3 is 11.6 Å². The number of carboxylic acid groups (broad SMARTS) is 1. The van der Waals surface area contributed by atoms with Gasteiger partial charge in [0.05, 0.1) is 12.5 Å². The number of nitrogens with zero attached hydrogens (tertiary/aromatic N) is 1. The Kier molecular flexibility index (Phi) is 4.84. The lowest BCUT2D eigenvalue weighted by molar-refractivity contribution is -0.149. The molecule has 0 spiro atoms. The summed E-state index contributed by atoms with van der Waals surface area (Å²) < 4.78 is 10.6. The molecule has 2 heterocycles. The Bertz CT molecular complexity index is 1040. The van der Waals surface area contributed by atoms with E-state index in [2.05, 4.69) is 0 Å². The van der Waals surface area contributed by atoms with E-state index in [1.807, 2.05) is 13.0 Å². The van der Waals surface area contributed by atoms with E-state index in [0.717, 1.165) is 23.8 Å². The van der Waals surface area contributed by atoms with Gasteiger partial charge < -0.3 is 19.2 Å². The van der Waals surface area contributed by atoms with Crippen molar-refractivity contribution in [2.24, 2.45) is 11.3 Å². The summed E-state index contributed by atoms with van der Waals surface area (Å²) in [5.41, 5.74) is 0.511. The zero-order valence-electron chi connectivity index (χ0n) is 16.7. The molecule has 2 atom stereocenters. The first-order valence-electron chi connectivity index (χ1n) is 9.97. The van der Waals surface area contributed by atoms with Gasteiger partial charge in [0.2, 0.25) is 5.91 Å². The number of likely N-dealkylation sites (tertiary alicyclic amines) is 1. The molecule has 7 nitrogen and oxygen atoms in total. The summed E-state index contributed by atoms with van der Waals surface area (Å²) in [4.78, 5) is 38.7. The van der Waals surface area contributed by atoms with E-state index in [9.17, 15) is 19.5 Å². The quantitative estimate of drug-likeness (QED) is 0.777. The molecule has 29 heavy (non-hydrogen) atoms. The molecule has 0 unspecified atom stereocenters. The van der Waals surface area contributed by atoms with Crippen molar-refractivity contribution in [3.63, 3.8) is 0 Å². The molecule has 4 rings (SSSR count). The Balaban J connectivity index is 1.51. The number of hydrogen-bond acceptors (Lipinski definition) is 5. The Morgan fingerprint density at radius 1 is 1.38 bits per heavy atom. The number of methoxy groups -OCH3 is 1. The highest BCUT2D eigenvalue weighted by atomic mass is 16.5. The molecule has 1 aromatic heterocycles. The average molecular weight is 399 g/mol. The van der Waals surface area contributed by atoms with Gasteiger partial charge in [-0.25, -0.2) is 4.79 Å². The van der Waals surface area contributed by atoms with E-state index < -0.39 is 17.0 Å². The summed E-state index contributed by atoms with van der Waals surface area (Å²) in [7, 11) is 1.55. The molecule has 1 aliphatic carbocycles. The number of aliphatic carboxylic acids is 1. The minimum Gasteiger partial charge on any atom is -0.497 e. The van der Waals surface area contributed by atoms with E-state index in [1.54, 1.807) is 24.1 Å². The fourth-order valence-electron chi connectivity index (χ4n) is 5.01. The van der Waals surface area contributed by atoms with Crippen LogP contribution in [-0.4, -0.2) is 42.1 Å². The summed E-state index contributed by atoms with van der Waals surface area (Å²) in [6.07, 6.45) is 2.83. The van der Waals surface area contributed by atoms with Crippen LogP contribution in [0.5, 0.6) is 5.75 Å². The van der Waals surface area contributed by atoms with E-state index in [0.29, 0.717) is 29.9 Å². The van der Waals surface area contributed by atoms with Crippen LogP contribution in [0.3, 0.4) is 0 Å². The number of aryl methyl sites for hydroxylation is 1. The molecule has 1 aliphatic heterocycles. The number of fused-ring (bicyclic) bond motifs is 2. The Morgan fingerprint density at radius 2 is 2.17 bits per heavy atom. The maximum atomic E-state index is 12.8. The second-order valence-electron chi connectivity index (χ2n) is 8.18. The molecule has 1 amide bonds. The van der Waals surface area contributed by atoms with Crippen LogP contribution < -0.4 is 10.4 Å². The normalized spacial score (nSPS) is 23.4. The van der Waals surface area contributed by atoms with Crippen molar-refractivity contribution in [1.82, 2.24) is 4.90 Å². The number of carbonyl (C=O) groups is 2. The van der Waals surface area contributed by atoms with Gasteiger partial charge in [0, 0.05) is 36.5 Å². The van der Waals surface area contributed by atoms with Crippen molar-refractivity contribution in [3.05, 3.63) is 39.7 Å². The molecular weight excluding hydrogens is 374 g/mol. The van der Waals surface area contributed by atoms with Gasteiger partial charge in [0.15, 0.2) is 0 Å². The molecule has 1 saturated carbocycles. The second-order valence-corrected chi connectivity index (χ2v) is 8.18. The van der Waals surface area contributed by atoms with Crippen molar-refractivity contribution in [1.29, 1.82) is 0 Å². The molecule has 1 N–H and O–H groups in total. The molecule has 7 heteroatoms. The van der Waals surface area contributed by atoms with Crippen LogP contribution in [-0.2, 0) is 16.0 Å². The second kappa shape index (κ2) is 7.21. The Morgan fingerprint density at radius 3 is 2.86 bits per heavy atom. The van der Waals surface area contributed by atoms with E-state index in [-0.39, 0.29) is 31.2 Å². The summed E-state index contributed by atoms with van der Waals surface area (Å²) in [6.45, 7) is 2.62. The number of amides is 1. The number of carboxylic acids is 1. The van der Waals surface area contributed by atoms with Gasteiger partial charge in [0.1, 0.15) is 11.3 Å². The first-order chi connectivity index (χ1) is 13.9. The number of carbonyl (C=O) groups excluding carboxylic acids is 1. The van der Waals surface area contributed by atoms with Crippen LogP contribution in [0, 0.1) is 18.3 Å². The molecule has 154 valence electrons. The monoisotopic (exact) mass is 399 g/mol. The Labute approximate surface area is 168 Å². The lowest BCUT2D eigenvalue weighted by Gasteiger charge is -2.23. The van der Waals surface area contributed by atoms with E-state index in [4.69, 9.17) is 9.15 Å². The lowest BCUT2D eigenvalue weighted by Crippen LogP contribution is -2.37. The topological polar surface area (TPSA) is 97.0 Å². The van der Waals surface area contributed by atoms with Crippen LogP contribution >= 0.6 is 0 Å². The number of rotatable bonds is 5. The third kappa shape index (κ3) is 3.18. The van der Waals surface area contributed by atoms with Crippen molar-refractivity contribution in [2.75, 3.05) is 20.2 Å². The largest absolute Gasteiger partial charge is 0.497 e. The van der Waals surface area contributed by atoms with Gasteiger partial charge in [-0.1, -0.05) is 6.42 Å². The molecule has 1 aromatic carbocycles.